The van der Waals surface area contributed by atoms with Crippen LogP contribution >= 0.6 is 0 Å². The largest absolute Gasteiger partial charge is 0.434 e. The minimum atomic E-state index is -4.76. The number of imidazole rings is 1. The number of aryl methyl sites for hydroxylation is 1. The number of amides is 3. The minimum absolute atomic E-state index is 0.165. The predicted molar refractivity (Wildman–Crippen MR) is 208 cm³/mol. The molecule has 2 aliphatic heterocycles. The van der Waals surface area contributed by atoms with Gasteiger partial charge in [0.15, 0.2) is 5.69 Å². The fraction of sp³-hybridized carbons (Fsp3) is 0.488. The van der Waals surface area contributed by atoms with Crippen molar-refractivity contribution in [3.63, 3.8) is 0 Å². The molecule has 1 saturated carbocycles. The summed E-state index contributed by atoms with van der Waals surface area (Å²) in [6.45, 7) is 6.00. The quantitative estimate of drug-likeness (QED) is 0.170. The van der Waals surface area contributed by atoms with Gasteiger partial charge in [0.1, 0.15) is 11.7 Å². The highest BCUT2D eigenvalue weighted by Gasteiger charge is 2.35. The summed E-state index contributed by atoms with van der Waals surface area (Å²) in [6, 6.07) is 8.75. The van der Waals surface area contributed by atoms with E-state index in [1.54, 1.807) is 42.2 Å². The first-order chi connectivity index (χ1) is 27.5. The van der Waals surface area contributed by atoms with E-state index < -0.39 is 41.0 Å². The number of nitrogens with zero attached hydrogens (tertiary/aromatic N) is 7. The van der Waals surface area contributed by atoms with Crippen molar-refractivity contribution in [3.05, 3.63) is 81.9 Å². The zero-order chi connectivity index (χ0) is 41.1. The molecule has 0 radical (unpaired) electrons. The van der Waals surface area contributed by atoms with Crippen LogP contribution in [-0.4, -0.2) is 76.2 Å². The molecule has 1 atom stereocenters. The number of para-hydroxylation sites is 1. The van der Waals surface area contributed by atoms with Crippen LogP contribution in [0.4, 0.5) is 18.9 Å². The lowest BCUT2D eigenvalue weighted by Gasteiger charge is -2.37. The minimum Gasteiger partial charge on any atom is -0.386 e. The maximum atomic E-state index is 13.5. The van der Waals surface area contributed by atoms with Crippen LogP contribution in [-0.2, 0) is 28.4 Å². The standard InChI is InChI=1S/C41H46F3N9O5/c1-40(2,58)28-18-29-25(17-30(28)47-37(55)31-19-45-20-34(46-31)41(42,43)44)22-52(49-29)26-9-7-23(8-10-26)21-51-15-13-24(14-16-51)27-5-4-6-32-36(27)50(3)39(57)53(32)33-11-12-35(54)48-38(33)56/h4-6,17-20,22-24,26,33,58H,7-16,21H2,1-3H3,(H,47,55)(H,48,54,56). The van der Waals surface area contributed by atoms with Crippen LogP contribution in [0.5, 0.6) is 0 Å². The van der Waals surface area contributed by atoms with Crippen molar-refractivity contribution in [2.24, 2.45) is 13.0 Å². The number of rotatable bonds is 8. The molecule has 3 aromatic heterocycles. The zero-order valence-corrected chi connectivity index (χ0v) is 32.6. The van der Waals surface area contributed by atoms with E-state index in [1.165, 1.54) is 0 Å². The third-order valence-corrected chi connectivity index (χ3v) is 12.1. The highest BCUT2D eigenvalue weighted by Crippen LogP contribution is 2.38. The maximum Gasteiger partial charge on any atom is 0.434 e. The van der Waals surface area contributed by atoms with Crippen LogP contribution in [0.2, 0.25) is 0 Å². The molecular weight excluding hydrogens is 756 g/mol. The number of anilines is 1. The lowest BCUT2D eigenvalue weighted by molar-refractivity contribution is -0.141. The molecule has 306 valence electrons. The summed E-state index contributed by atoms with van der Waals surface area (Å²) in [5.41, 5.74) is 0.473. The van der Waals surface area contributed by atoms with Crippen molar-refractivity contribution in [2.45, 2.75) is 95.0 Å². The molecule has 3 amide bonds. The number of nitrogens with one attached hydrogen (secondary N) is 2. The Morgan fingerprint density at radius 1 is 1.00 bits per heavy atom. The first-order valence-electron chi connectivity index (χ1n) is 19.8. The number of aromatic nitrogens is 6. The van der Waals surface area contributed by atoms with E-state index in [0.717, 1.165) is 81.0 Å². The lowest BCUT2D eigenvalue weighted by Crippen LogP contribution is -2.44. The molecule has 1 aliphatic carbocycles. The van der Waals surface area contributed by atoms with Crippen LogP contribution in [0.25, 0.3) is 21.9 Å². The van der Waals surface area contributed by atoms with Gasteiger partial charge in [0, 0.05) is 42.8 Å². The Morgan fingerprint density at radius 3 is 2.43 bits per heavy atom. The Hall–Kier alpha value is -5.42. The average Bonchev–Trinajstić information content (AvgIpc) is 3.72. The number of likely N-dealkylation sites (tertiary alicyclic amines) is 1. The molecule has 3 aliphatic rings. The SMILES string of the molecule is Cn1c(=O)n(C2CCC(=O)NC2=O)c2cccc(C3CCN(CC4CCC(n5cc6cc(NC(=O)c7cncc(C(F)(F)F)n7)c(C(C)(C)O)cc6n5)CC4)CC3)c21. The van der Waals surface area contributed by atoms with E-state index in [1.807, 2.05) is 23.0 Å². The lowest BCUT2D eigenvalue weighted by atomic mass is 9.84. The maximum absolute atomic E-state index is 13.5. The number of halogens is 3. The highest BCUT2D eigenvalue weighted by atomic mass is 19.4. The molecule has 3 fully saturated rings. The molecule has 14 nitrogen and oxygen atoms in total. The van der Waals surface area contributed by atoms with Gasteiger partial charge in [-0.25, -0.2) is 9.78 Å². The third kappa shape index (κ3) is 7.64. The molecule has 17 heteroatoms. The van der Waals surface area contributed by atoms with Crippen molar-refractivity contribution >= 4 is 45.3 Å². The second kappa shape index (κ2) is 15.1. The van der Waals surface area contributed by atoms with Crippen LogP contribution < -0.4 is 16.3 Å². The summed E-state index contributed by atoms with van der Waals surface area (Å²) in [7, 11) is 1.75. The van der Waals surface area contributed by atoms with Gasteiger partial charge in [0.2, 0.25) is 11.8 Å². The van der Waals surface area contributed by atoms with E-state index in [2.05, 4.69) is 31.6 Å². The number of hydrogen-bond acceptors (Lipinski definition) is 9. The van der Waals surface area contributed by atoms with Gasteiger partial charge in [-0.1, -0.05) is 12.1 Å². The Balaban J connectivity index is 0.897. The number of fused-ring (bicyclic) bond motifs is 2. The smallest absolute Gasteiger partial charge is 0.386 e. The second-order valence-electron chi connectivity index (χ2n) is 16.5. The summed E-state index contributed by atoms with van der Waals surface area (Å²) in [4.78, 5) is 60.5. The number of benzene rings is 2. The van der Waals surface area contributed by atoms with Gasteiger partial charge in [0.05, 0.1) is 40.6 Å². The molecule has 0 spiro atoms. The Labute approximate surface area is 331 Å². The summed E-state index contributed by atoms with van der Waals surface area (Å²) in [5.74, 6) is -0.832. The van der Waals surface area contributed by atoms with Crippen molar-refractivity contribution in [1.82, 2.24) is 39.1 Å². The van der Waals surface area contributed by atoms with Gasteiger partial charge in [-0.2, -0.15) is 18.3 Å². The Morgan fingerprint density at radius 2 is 1.74 bits per heavy atom. The van der Waals surface area contributed by atoms with E-state index in [-0.39, 0.29) is 35.7 Å². The van der Waals surface area contributed by atoms with Crippen LogP contribution in [0.15, 0.2) is 53.7 Å². The van der Waals surface area contributed by atoms with Gasteiger partial charge in [-0.05, 0) is 107 Å². The molecule has 2 aromatic carbocycles. The topological polar surface area (TPSA) is 169 Å². The predicted octanol–water partition coefficient (Wildman–Crippen LogP) is 5.57. The van der Waals surface area contributed by atoms with Gasteiger partial charge in [-0.3, -0.25) is 38.5 Å². The van der Waals surface area contributed by atoms with Gasteiger partial charge in [0.25, 0.3) is 5.91 Å². The van der Waals surface area contributed by atoms with E-state index in [4.69, 9.17) is 5.10 Å². The third-order valence-electron chi connectivity index (χ3n) is 12.1. The molecule has 5 aromatic rings. The molecular formula is C41H46F3N9O5. The summed E-state index contributed by atoms with van der Waals surface area (Å²) < 4.78 is 44.8. The second-order valence-corrected chi connectivity index (χ2v) is 16.5. The summed E-state index contributed by atoms with van der Waals surface area (Å²) >= 11 is 0. The molecule has 5 heterocycles. The first kappa shape index (κ1) is 39.4. The number of imide groups is 1. The first-order valence-corrected chi connectivity index (χ1v) is 19.8. The van der Waals surface area contributed by atoms with Crippen LogP contribution in [0, 0.1) is 5.92 Å². The molecule has 1 unspecified atom stereocenters. The normalized spacial score (nSPS) is 21.5. The molecule has 0 bridgehead atoms. The number of carbonyl (C=O) groups excluding carboxylic acids is 3. The average molecular weight is 802 g/mol. The number of carbonyl (C=O) groups is 3. The van der Waals surface area contributed by atoms with Gasteiger partial charge in [-0.15, -0.1) is 0 Å². The van der Waals surface area contributed by atoms with Gasteiger partial charge >= 0.3 is 11.9 Å². The van der Waals surface area contributed by atoms with Crippen LogP contribution in [0.1, 0.15) is 111 Å². The summed E-state index contributed by atoms with van der Waals surface area (Å²) in [6.07, 6.45) is 5.01. The van der Waals surface area contributed by atoms with Crippen molar-refractivity contribution in [1.29, 1.82) is 0 Å². The molecule has 8 rings (SSSR count). The fourth-order valence-electron chi connectivity index (χ4n) is 9.10. The van der Waals surface area contributed by atoms with Gasteiger partial charge < -0.3 is 15.3 Å². The Kier molecular flexibility index (Phi) is 10.2. The fourth-order valence-corrected chi connectivity index (χ4v) is 9.10. The van der Waals surface area contributed by atoms with E-state index in [0.29, 0.717) is 35.0 Å². The zero-order valence-electron chi connectivity index (χ0n) is 32.6. The monoisotopic (exact) mass is 801 g/mol. The number of piperidine rings is 2. The molecule has 3 N–H and O–H groups in total. The number of alkyl halides is 3. The molecule has 58 heavy (non-hydrogen) atoms. The van der Waals surface area contributed by atoms with Crippen molar-refractivity contribution in [3.8, 4) is 0 Å². The Bertz CT molecular complexity index is 2470. The van der Waals surface area contributed by atoms with E-state index in [9.17, 15) is 37.5 Å². The number of hydrogen-bond donors (Lipinski definition) is 3. The highest BCUT2D eigenvalue weighted by molar-refractivity contribution is 6.04. The number of aliphatic hydroxyl groups is 1. The van der Waals surface area contributed by atoms with Crippen molar-refractivity contribution in [2.75, 3.05) is 25.0 Å². The molecule has 2 saturated heterocycles. The van der Waals surface area contributed by atoms with Crippen LogP contribution in [0.3, 0.4) is 0 Å². The summed E-state index contributed by atoms with van der Waals surface area (Å²) in [5, 5.41) is 21.6. The van der Waals surface area contributed by atoms with Crippen molar-refractivity contribution < 1.29 is 32.7 Å². The van der Waals surface area contributed by atoms with E-state index >= 15 is 0 Å².